The Morgan fingerprint density at radius 1 is 1.50 bits per heavy atom. The molecule has 18 heavy (non-hydrogen) atoms. The number of rotatable bonds is 5. The first-order valence-electron chi connectivity index (χ1n) is 6.27. The van der Waals surface area contributed by atoms with Crippen LogP contribution in [-0.2, 0) is 13.5 Å². The van der Waals surface area contributed by atoms with Crippen LogP contribution < -0.4 is 0 Å². The lowest BCUT2D eigenvalue weighted by Crippen LogP contribution is -2.51. The molecule has 2 unspecified atom stereocenters. The Morgan fingerprint density at radius 2 is 2.06 bits per heavy atom. The molecule has 0 amide bonds. The molecule has 4 nitrogen and oxygen atoms in total. The van der Waals surface area contributed by atoms with Crippen LogP contribution in [0.5, 0.6) is 0 Å². The van der Waals surface area contributed by atoms with E-state index < -0.39 is 6.10 Å². The van der Waals surface area contributed by atoms with Gasteiger partial charge >= 0.3 is 0 Å². The van der Waals surface area contributed by atoms with E-state index in [0.29, 0.717) is 6.42 Å². The molecule has 0 aliphatic rings. The number of aromatic nitrogens is 2. The first-order chi connectivity index (χ1) is 8.24. The fourth-order valence-electron chi connectivity index (χ4n) is 2.15. The summed E-state index contributed by atoms with van der Waals surface area (Å²) < 4.78 is 2.84. The number of aryl methyl sites for hydroxylation is 2. The minimum Gasteiger partial charge on any atom is -0.391 e. The molecule has 0 aliphatic heterocycles. The molecule has 2 atom stereocenters. The van der Waals surface area contributed by atoms with Crippen LogP contribution in [0.15, 0.2) is 4.47 Å². The fourth-order valence-corrected chi connectivity index (χ4v) is 2.65. The maximum Gasteiger partial charge on any atom is 0.0776 e. The van der Waals surface area contributed by atoms with Crippen molar-refractivity contribution < 1.29 is 5.11 Å². The van der Waals surface area contributed by atoms with Gasteiger partial charge in [-0.1, -0.05) is 6.92 Å². The lowest BCUT2D eigenvalue weighted by atomic mass is 9.87. The van der Waals surface area contributed by atoms with Crippen LogP contribution in [0, 0.1) is 6.92 Å². The summed E-state index contributed by atoms with van der Waals surface area (Å²) in [5.41, 5.74) is 1.78. The number of aliphatic hydroxyl groups excluding tert-OH is 1. The SMILES string of the molecule is CCC(C)(C(O)Cc1c(Br)c(C)nn1C)N(C)C. The number of halogens is 1. The molecule has 0 saturated heterocycles. The van der Waals surface area contributed by atoms with Crippen molar-refractivity contribution in [2.24, 2.45) is 7.05 Å². The molecule has 5 heteroatoms. The van der Waals surface area contributed by atoms with Crippen molar-refractivity contribution in [3.8, 4) is 0 Å². The quantitative estimate of drug-likeness (QED) is 0.904. The predicted octanol–water partition coefficient (Wildman–Crippen LogP) is 2.12. The van der Waals surface area contributed by atoms with Crippen LogP contribution in [0.1, 0.15) is 31.7 Å². The van der Waals surface area contributed by atoms with Crippen molar-refractivity contribution >= 4 is 15.9 Å². The first-order valence-corrected chi connectivity index (χ1v) is 7.06. The normalized spacial score (nSPS) is 16.9. The number of hydrogen-bond acceptors (Lipinski definition) is 3. The third-order valence-corrected chi connectivity index (χ3v) is 5.14. The Morgan fingerprint density at radius 3 is 2.39 bits per heavy atom. The Bertz CT molecular complexity index is 417. The zero-order valence-electron chi connectivity index (χ0n) is 12.2. The summed E-state index contributed by atoms with van der Waals surface area (Å²) in [4.78, 5) is 2.09. The lowest BCUT2D eigenvalue weighted by molar-refractivity contribution is 0.00191. The fraction of sp³-hybridized carbons (Fsp3) is 0.769. The van der Waals surface area contributed by atoms with Crippen molar-refractivity contribution in [1.82, 2.24) is 14.7 Å². The van der Waals surface area contributed by atoms with Crippen LogP contribution in [0.4, 0.5) is 0 Å². The average molecular weight is 318 g/mol. The van der Waals surface area contributed by atoms with Gasteiger partial charge in [0.2, 0.25) is 0 Å². The third-order valence-electron chi connectivity index (χ3n) is 4.10. The van der Waals surface area contributed by atoms with E-state index in [1.54, 1.807) is 0 Å². The van der Waals surface area contributed by atoms with E-state index >= 15 is 0 Å². The molecule has 1 aromatic rings. The van der Waals surface area contributed by atoms with Crippen molar-refractivity contribution in [3.63, 3.8) is 0 Å². The maximum atomic E-state index is 10.5. The number of aliphatic hydroxyl groups is 1. The Hall–Kier alpha value is -0.390. The van der Waals surface area contributed by atoms with Gasteiger partial charge in [0.1, 0.15) is 0 Å². The van der Waals surface area contributed by atoms with Gasteiger partial charge in [-0.25, -0.2) is 0 Å². The van der Waals surface area contributed by atoms with Crippen molar-refractivity contribution in [2.45, 2.75) is 45.3 Å². The first kappa shape index (κ1) is 15.7. The second kappa shape index (κ2) is 5.72. The third kappa shape index (κ3) is 2.78. The van der Waals surface area contributed by atoms with Gasteiger partial charge < -0.3 is 10.0 Å². The Balaban J connectivity index is 2.97. The van der Waals surface area contributed by atoms with Crippen LogP contribution in [-0.4, -0.2) is 45.5 Å². The zero-order chi connectivity index (χ0) is 14.1. The van der Waals surface area contributed by atoms with E-state index in [4.69, 9.17) is 0 Å². The standard InChI is InChI=1S/C13H24BrN3O/c1-7-13(3,16(4)5)11(18)8-10-12(14)9(2)15-17(10)6/h11,18H,7-8H2,1-6H3. The van der Waals surface area contributed by atoms with E-state index in [1.807, 2.05) is 32.7 Å². The zero-order valence-corrected chi connectivity index (χ0v) is 13.7. The van der Waals surface area contributed by atoms with Gasteiger partial charge in [0.25, 0.3) is 0 Å². The molecule has 1 heterocycles. The number of hydrogen-bond donors (Lipinski definition) is 1. The van der Waals surface area contributed by atoms with Gasteiger partial charge in [0.15, 0.2) is 0 Å². The summed E-state index contributed by atoms with van der Waals surface area (Å²) in [5.74, 6) is 0. The van der Waals surface area contributed by atoms with E-state index in [2.05, 4.69) is 39.8 Å². The van der Waals surface area contributed by atoms with Crippen molar-refractivity contribution in [2.75, 3.05) is 14.1 Å². The minimum absolute atomic E-state index is 0.225. The molecule has 104 valence electrons. The monoisotopic (exact) mass is 317 g/mol. The van der Waals surface area contributed by atoms with Gasteiger partial charge in [0.05, 0.1) is 22.0 Å². The van der Waals surface area contributed by atoms with Gasteiger partial charge in [-0.05, 0) is 50.3 Å². The van der Waals surface area contributed by atoms with Crippen LogP contribution in [0.3, 0.4) is 0 Å². The van der Waals surface area contributed by atoms with E-state index in [-0.39, 0.29) is 5.54 Å². The molecule has 1 N–H and O–H groups in total. The summed E-state index contributed by atoms with van der Waals surface area (Å²) in [6.45, 7) is 6.16. The molecule has 0 aliphatic carbocycles. The summed E-state index contributed by atoms with van der Waals surface area (Å²) in [5, 5.41) is 14.9. The summed E-state index contributed by atoms with van der Waals surface area (Å²) in [7, 11) is 5.94. The van der Waals surface area contributed by atoms with Crippen LogP contribution in [0.2, 0.25) is 0 Å². The highest BCUT2D eigenvalue weighted by Gasteiger charge is 2.34. The number of nitrogens with zero attached hydrogens (tertiary/aromatic N) is 3. The van der Waals surface area contributed by atoms with Crippen LogP contribution in [0.25, 0.3) is 0 Å². The molecule has 0 bridgehead atoms. The average Bonchev–Trinajstić information content (AvgIpc) is 2.54. The van der Waals surface area contributed by atoms with Gasteiger partial charge in [-0.15, -0.1) is 0 Å². The summed E-state index contributed by atoms with van der Waals surface area (Å²) >= 11 is 3.55. The molecule has 1 aromatic heterocycles. The lowest BCUT2D eigenvalue weighted by Gasteiger charge is -2.40. The molecule has 1 rings (SSSR count). The molecule has 0 aromatic carbocycles. The molecule has 0 saturated carbocycles. The Kier molecular flexibility index (Phi) is 4.98. The molecular formula is C13H24BrN3O. The Labute approximate surface area is 118 Å². The predicted molar refractivity (Wildman–Crippen MR) is 77.7 cm³/mol. The highest BCUT2D eigenvalue weighted by Crippen LogP contribution is 2.27. The van der Waals surface area contributed by atoms with E-state index in [1.165, 1.54) is 0 Å². The van der Waals surface area contributed by atoms with Crippen LogP contribution >= 0.6 is 15.9 Å². The highest BCUT2D eigenvalue weighted by molar-refractivity contribution is 9.10. The molecule has 0 fully saturated rings. The van der Waals surface area contributed by atoms with E-state index in [9.17, 15) is 5.11 Å². The van der Waals surface area contributed by atoms with Gasteiger partial charge in [0, 0.05) is 19.0 Å². The molecule has 0 spiro atoms. The molecular weight excluding hydrogens is 294 g/mol. The largest absolute Gasteiger partial charge is 0.391 e. The maximum absolute atomic E-state index is 10.5. The number of likely N-dealkylation sites (N-methyl/N-ethyl adjacent to an activating group) is 1. The van der Waals surface area contributed by atoms with Crippen molar-refractivity contribution in [1.29, 1.82) is 0 Å². The van der Waals surface area contributed by atoms with E-state index in [0.717, 1.165) is 22.3 Å². The minimum atomic E-state index is -0.427. The summed E-state index contributed by atoms with van der Waals surface area (Å²) in [6, 6.07) is 0. The van der Waals surface area contributed by atoms with Crippen molar-refractivity contribution in [3.05, 3.63) is 15.9 Å². The summed E-state index contributed by atoms with van der Waals surface area (Å²) in [6.07, 6.45) is 1.07. The topological polar surface area (TPSA) is 41.3 Å². The second-order valence-electron chi connectivity index (χ2n) is 5.29. The smallest absolute Gasteiger partial charge is 0.0776 e. The van der Waals surface area contributed by atoms with Gasteiger partial charge in [-0.2, -0.15) is 5.10 Å². The molecule has 0 radical (unpaired) electrons. The second-order valence-corrected chi connectivity index (χ2v) is 6.09. The van der Waals surface area contributed by atoms with Gasteiger partial charge in [-0.3, -0.25) is 4.68 Å². The highest BCUT2D eigenvalue weighted by atomic mass is 79.9.